The topological polar surface area (TPSA) is 164 Å². The van der Waals surface area contributed by atoms with Crippen LogP contribution in [-0.2, 0) is 0 Å². The zero-order chi connectivity index (χ0) is 45.1. The minimum atomic E-state index is -0.436. The lowest BCUT2D eigenvalue weighted by atomic mass is 9.91. The van der Waals surface area contributed by atoms with Crippen LogP contribution in [0.4, 0.5) is 0 Å². The van der Waals surface area contributed by atoms with Crippen LogP contribution in [0.25, 0.3) is 0 Å². The van der Waals surface area contributed by atoms with Crippen molar-refractivity contribution < 1.29 is 20.4 Å². The summed E-state index contributed by atoms with van der Waals surface area (Å²) in [5, 5.41) is 49.1. The SMILES string of the molecule is CCCCCCCC/C=C\CCCCCC(CCNCC(O)CN1CCN(CC(O)CNCCC(CCCCC/C=C\CCCCCCCC)CC(O)CN)CC1)CC(O)CN. The van der Waals surface area contributed by atoms with Gasteiger partial charge in [-0.05, 0) is 102 Å². The largest absolute Gasteiger partial charge is 0.392 e. The molecule has 0 saturated carbocycles. The molecule has 62 heavy (non-hydrogen) atoms. The molecule has 10 nitrogen and oxygen atoms in total. The first kappa shape index (κ1) is 59.1. The maximum atomic E-state index is 10.8. The number of piperazine rings is 1. The van der Waals surface area contributed by atoms with E-state index < -0.39 is 24.4 Å². The van der Waals surface area contributed by atoms with Crippen molar-refractivity contribution in [3.8, 4) is 0 Å². The van der Waals surface area contributed by atoms with Crippen molar-refractivity contribution >= 4 is 0 Å². The van der Waals surface area contributed by atoms with Gasteiger partial charge < -0.3 is 42.5 Å². The van der Waals surface area contributed by atoms with Crippen LogP contribution in [0.5, 0.6) is 0 Å². The Bertz CT molecular complexity index is 907. The molecule has 368 valence electrons. The van der Waals surface area contributed by atoms with E-state index in [-0.39, 0.29) is 0 Å². The Hall–Kier alpha value is -0.920. The van der Waals surface area contributed by atoms with Crippen LogP contribution in [0.3, 0.4) is 0 Å². The quantitative estimate of drug-likeness (QED) is 0.0220. The van der Waals surface area contributed by atoms with Gasteiger partial charge in [-0.15, -0.1) is 0 Å². The predicted octanol–water partition coefficient (Wildman–Crippen LogP) is 8.45. The Balaban J connectivity index is 2.18. The Labute approximate surface area is 383 Å². The molecule has 10 N–H and O–H groups in total. The molecular formula is C52H106N6O4. The highest BCUT2D eigenvalue weighted by Gasteiger charge is 2.22. The summed E-state index contributed by atoms with van der Waals surface area (Å²) in [6.45, 7) is 12.9. The lowest BCUT2D eigenvalue weighted by Gasteiger charge is -2.36. The molecule has 0 aliphatic carbocycles. The lowest BCUT2D eigenvalue weighted by Crippen LogP contribution is -2.52. The Morgan fingerprint density at radius 3 is 1.10 bits per heavy atom. The maximum Gasteiger partial charge on any atom is 0.0791 e. The molecule has 0 aromatic heterocycles. The average molecular weight is 879 g/mol. The minimum Gasteiger partial charge on any atom is -0.392 e. The summed E-state index contributed by atoms with van der Waals surface area (Å²) in [5.41, 5.74) is 11.5. The number of allylic oxidation sites excluding steroid dienone is 4. The number of nitrogens with two attached hydrogens (primary N) is 2. The van der Waals surface area contributed by atoms with E-state index in [1.807, 2.05) is 0 Å². The van der Waals surface area contributed by atoms with Gasteiger partial charge in [-0.2, -0.15) is 0 Å². The molecule has 1 heterocycles. The molecule has 1 rings (SSSR count). The number of unbranched alkanes of at least 4 members (excludes halogenated alkanes) is 18. The normalized spacial score (nSPS) is 17.3. The van der Waals surface area contributed by atoms with Crippen molar-refractivity contribution in [1.29, 1.82) is 0 Å². The summed E-state index contributed by atoms with van der Waals surface area (Å²) in [5.74, 6) is 0.897. The Kier molecular flexibility index (Phi) is 41.9. The van der Waals surface area contributed by atoms with Gasteiger partial charge >= 0.3 is 0 Å². The van der Waals surface area contributed by atoms with E-state index in [1.54, 1.807) is 0 Å². The lowest BCUT2D eigenvalue weighted by molar-refractivity contribution is 0.0486. The molecule has 6 atom stereocenters. The van der Waals surface area contributed by atoms with E-state index in [9.17, 15) is 20.4 Å². The van der Waals surface area contributed by atoms with Crippen molar-refractivity contribution in [3.05, 3.63) is 24.3 Å². The number of rotatable bonds is 46. The van der Waals surface area contributed by atoms with Crippen LogP contribution in [0.1, 0.15) is 194 Å². The summed E-state index contributed by atoms with van der Waals surface area (Å²) in [4.78, 5) is 4.67. The van der Waals surface area contributed by atoms with Crippen molar-refractivity contribution in [3.63, 3.8) is 0 Å². The number of hydrogen-bond acceptors (Lipinski definition) is 10. The molecule has 0 aromatic carbocycles. The monoisotopic (exact) mass is 879 g/mol. The van der Waals surface area contributed by atoms with Crippen molar-refractivity contribution in [2.45, 2.75) is 218 Å². The fourth-order valence-corrected chi connectivity index (χ4v) is 9.05. The standard InChI is InChI=1S/C52H106N6O4/c1-3-5-7-9-11-13-15-17-19-21-23-25-27-29-47(39-49(59)41-53)31-33-55-43-51(61)45-57-35-37-58(38-36-57)46-52(62)44-56-34-32-48(40-50(60)42-54)30-28-26-24-22-20-18-16-14-12-10-8-6-4-2/h17-20,47-52,55-56,59-62H,3-16,21-46,53-54H2,1-2H3/b19-17-,20-18-. The second kappa shape index (κ2) is 43.9. The summed E-state index contributed by atoms with van der Waals surface area (Å²) in [6.07, 6.45) is 41.9. The van der Waals surface area contributed by atoms with Crippen LogP contribution < -0.4 is 22.1 Å². The molecule has 1 fully saturated rings. The summed E-state index contributed by atoms with van der Waals surface area (Å²) in [6, 6.07) is 0. The Morgan fingerprint density at radius 2 is 0.758 bits per heavy atom. The number of nitrogens with zero attached hydrogens (tertiary/aromatic N) is 2. The number of nitrogens with one attached hydrogen (secondary N) is 2. The first-order valence-corrected chi connectivity index (χ1v) is 26.6. The molecule has 0 amide bonds. The van der Waals surface area contributed by atoms with E-state index in [0.717, 1.165) is 77.8 Å². The van der Waals surface area contributed by atoms with Gasteiger partial charge in [0.2, 0.25) is 0 Å². The molecule has 1 saturated heterocycles. The van der Waals surface area contributed by atoms with E-state index in [2.05, 4.69) is 58.6 Å². The van der Waals surface area contributed by atoms with Gasteiger partial charge in [0.1, 0.15) is 0 Å². The maximum absolute atomic E-state index is 10.8. The fourth-order valence-electron chi connectivity index (χ4n) is 9.05. The number of aliphatic hydroxyl groups excluding tert-OH is 4. The number of β-amino-alcohol motifs (C(OH)–C–C–N with tert-alkyl or cyclic N) is 2. The van der Waals surface area contributed by atoms with Gasteiger partial charge in [-0.1, -0.05) is 141 Å². The Morgan fingerprint density at radius 1 is 0.435 bits per heavy atom. The number of aliphatic hydroxyl groups is 4. The average Bonchev–Trinajstić information content (AvgIpc) is 3.27. The van der Waals surface area contributed by atoms with Crippen molar-refractivity contribution in [2.24, 2.45) is 23.3 Å². The van der Waals surface area contributed by atoms with E-state index in [4.69, 9.17) is 11.5 Å². The molecule has 1 aliphatic rings. The minimum absolute atomic E-state index is 0.316. The highest BCUT2D eigenvalue weighted by molar-refractivity contribution is 4.83. The third kappa shape index (κ3) is 37.3. The molecular weight excluding hydrogens is 773 g/mol. The van der Waals surface area contributed by atoms with Crippen LogP contribution >= 0.6 is 0 Å². The third-order valence-electron chi connectivity index (χ3n) is 13.1. The zero-order valence-corrected chi connectivity index (χ0v) is 40.9. The molecule has 0 aromatic rings. The molecule has 0 bridgehead atoms. The van der Waals surface area contributed by atoms with Gasteiger partial charge in [-0.25, -0.2) is 0 Å². The van der Waals surface area contributed by atoms with E-state index in [0.29, 0.717) is 51.1 Å². The second-order valence-electron chi connectivity index (χ2n) is 19.2. The molecule has 0 radical (unpaired) electrons. The third-order valence-corrected chi connectivity index (χ3v) is 13.1. The van der Waals surface area contributed by atoms with Gasteiger partial charge in [-0.3, -0.25) is 9.80 Å². The van der Waals surface area contributed by atoms with Crippen molar-refractivity contribution in [1.82, 2.24) is 20.4 Å². The van der Waals surface area contributed by atoms with Gasteiger partial charge in [0.05, 0.1) is 24.4 Å². The fraction of sp³-hybridized carbons (Fsp3) is 0.923. The van der Waals surface area contributed by atoms with Gasteiger partial charge in [0.25, 0.3) is 0 Å². The van der Waals surface area contributed by atoms with Crippen LogP contribution in [-0.4, -0.2) is 133 Å². The summed E-state index contributed by atoms with van der Waals surface area (Å²) >= 11 is 0. The van der Waals surface area contributed by atoms with Crippen molar-refractivity contribution in [2.75, 3.05) is 78.5 Å². The second-order valence-corrected chi connectivity index (χ2v) is 19.2. The zero-order valence-electron chi connectivity index (χ0n) is 40.9. The molecule has 0 spiro atoms. The van der Waals surface area contributed by atoms with Crippen LogP contribution in [0, 0.1) is 11.8 Å². The number of hydrogen-bond donors (Lipinski definition) is 8. The molecule has 10 heteroatoms. The molecule has 6 unspecified atom stereocenters. The van der Waals surface area contributed by atoms with E-state index >= 15 is 0 Å². The van der Waals surface area contributed by atoms with E-state index in [1.165, 1.54) is 141 Å². The molecule has 1 aliphatic heterocycles. The van der Waals surface area contributed by atoms with Crippen LogP contribution in [0.2, 0.25) is 0 Å². The van der Waals surface area contributed by atoms with Gasteiger partial charge in [0, 0.05) is 65.4 Å². The predicted molar refractivity (Wildman–Crippen MR) is 267 cm³/mol. The van der Waals surface area contributed by atoms with Gasteiger partial charge in [0.15, 0.2) is 0 Å². The summed E-state index contributed by atoms with van der Waals surface area (Å²) < 4.78 is 0. The summed E-state index contributed by atoms with van der Waals surface area (Å²) in [7, 11) is 0. The highest BCUT2D eigenvalue weighted by atomic mass is 16.3. The first-order valence-electron chi connectivity index (χ1n) is 26.6. The highest BCUT2D eigenvalue weighted by Crippen LogP contribution is 2.21. The first-order chi connectivity index (χ1) is 30.3. The van der Waals surface area contributed by atoms with Crippen LogP contribution in [0.15, 0.2) is 24.3 Å². The smallest absolute Gasteiger partial charge is 0.0791 e.